The Bertz CT molecular complexity index is 1820. The Morgan fingerprint density at radius 3 is 2.43 bits per heavy atom. The maximum atomic E-state index is 13.1. The van der Waals surface area contributed by atoms with Gasteiger partial charge < -0.3 is 20.3 Å². The van der Waals surface area contributed by atoms with Crippen LogP contribution in [0.15, 0.2) is 53.6 Å². The molecule has 0 atom stereocenters. The summed E-state index contributed by atoms with van der Waals surface area (Å²) in [5, 5.41) is 10.2. The van der Waals surface area contributed by atoms with Crippen molar-refractivity contribution in [1.29, 1.82) is 0 Å². The number of amides is 1. The predicted molar refractivity (Wildman–Crippen MR) is 181 cm³/mol. The number of rotatable bonds is 10. The molecule has 12 heteroatoms. The van der Waals surface area contributed by atoms with E-state index in [1.165, 1.54) is 10.1 Å². The van der Waals surface area contributed by atoms with E-state index in [9.17, 15) is 13.2 Å². The molecule has 0 aliphatic carbocycles. The van der Waals surface area contributed by atoms with Crippen molar-refractivity contribution in [2.75, 3.05) is 30.8 Å². The van der Waals surface area contributed by atoms with Gasteiger partial charge in [0.15, 0.2) is 15.5 Å². The maximum Gasteiger partial charge on any atom is 0.233 e. The highest BCUT2D eigenvalue weighted by atomic mass is 32.2. The summed E-state index contributed by atoms with van der Waals surface area (Å²) >= 11 is 0. The molecule has 0 spiro atoms. The second kappa shape index (κ2) is 13.3. The highest BCUT2D eigenvalue weighted by Crippen LogP contribution is 2.38. The van der Waals surface area contributed by atoms with E-state index in [4.69, 9.17) is 4.74 Å². The number of hydrogen-bond acceptors (Lipinski definition) is 9. The van der Waals surface area contributed by atoms with Gasteiger partial charge in [-0.2, -0.15) is 19.6 Å². The Morgan fingerprint density at radius 1 is 1.04 bits per heavy atom. The molecule has 0 unspecified atom stereocenters. The summed E-state index contributed by atoms with van der Waals surface area (Å²) in [5.41, 5.74) is 4.10. The normalized spacial score (nSPS) is 14.6. The van der Waals surface area contributed by atoms with Crippen molar-refractivity contribution in [2.45, 2.75) is 83.3 Å². The monoisotopic (exact) mass is 647 g/mol. The number of para-hydroxylation sites is 1. The molecule has 0 saturated carbocycles. The van der Waals surface area contributed by atoms with Gasteiger partial charge in [0.1, 0.15) is 5.75 Å². The van der Waals surface area contributed by atoms with E-state index in [0.29, 0.717) is 47.0 Å². The Balaban J connectivity index is 1.37. The minimum absolute atomic E-state index is 0.146. The number of carbonyl (C=O) groups excluding carboxylic acids is 1. The number of nitrogens with zero attached hydrogens (tertiary/aromatic N) is 5. The number of aryl methyl sites for hydroxylation is 1. The summed E-state index contributed by atoms with van der Waals surface area (Å²) in [5.74, 6) is 1.83. The van der Waals surface area contributed by atoms with Crippen LogP contribution in [0.1, 0.15) is 77.3 Å². The minimum Gasteiger partial charge on any atom is -0.495 e. The lowest BCUT2D eigenvalue weighted by atomic mass is 9.86. The van der Waals surface area contributed by atoms with E-state index in [1.54, 1.807) is 57.5 Å². The summed E-state index contributed by atoms with van der Waals surface area (Å²) < 4.78 is 33.5. The first-order chi connectivity index (χ1) is 21.8. The summed E-state index contributed by atoms with van der Waals surface area (Å²) in [4.78, 5) is 24.3. The first-order valence-corrected chi connectivity index (χ1v) is 17.4. The molecule has 11 nitrogen and oxygen atoms in total. The van der Waals surface area contributed by atoms with Gasteiger partial charge in [0.2, 0.25) is 17.8 Å². The van der Waals surface area contributed by atoms with Crippen LogP contribution in [0.4, 0.5) is 23.3 Å². The van der Waals surface area contributed by atoms with Crippen molar-refractivity contribution in [3.05, 3.63) is 59.8 Å². The molecule has 1 fully saturated rings. The third kappa shape index (κ3) is 7.27. The standard InChI is InChI=1S/C34H45N7O4S/c1-22(2)46(43,44)29-11-9-8-10-26(29)37-33-39-32(38-30-13-17-35-41(30)33)36-27-20-23(3)25(21-28(27)45-7)24-14-18-40(19-15-24)31(42)12-16-34(4,5)6/h8-11,13,17,20-22,24H,12,14-16,18-19H2,1-7H3,(H2,36,37,38,39). The molecule has 5 rings (SSSR count). The molecule has 46 heavy (non-hydrogen) atoms. The van der Waals surface area contributed by atoms with Crippen LogP contribution in [0.25, 0.3) is 5.65 Å². The van der Waals surface area contributed by atoms with Crippen LogP contribution in [0.5, 0.6) is 5.75 Å². The van der Waals surface area contributed by atoms with Crippen LogP contribution in [-0.4, -0.2) is 64.3 Å². The van der Waals surface area contributed by atoms with Crippen LogP contribution in [0, 0.1) is 12.3 Å². The maximum absolute atomic E-state index is 13.1. The molecule has 0 bridgehead atoms. The van der Waals surface area contributed by atoms with Crippen molar-refractivity contribution in [1.82, 2.24) is 24.5 Å². The second-order valence-corrected chi connectivity index (χ2v) is 15.9. The highest BCUT2D eigenvalue weighted by Gasteiger charge is 2.27. The minimum atomic E-state index is -3.56. The fraction of sp³-hybridized carbons (Fsp3) is 0.471. The van der Waals surface area contributed by atoms with Gasteiger partial charge in [0.05, 0.1) is 34.8 Å². The van der Waals surface area contributed by atoms with Gasteiger partial charge in [-0.3, -0.25) is 4.79 Å². The zero-order chi connectivity index (χ0) is 33.2. The largest absolute Gasteiger partial charge is 0.495 e. The smallest absolute Gasteiger partial charge is 0.233 e. The number of nitrogens with one attached hydrogen (secondary N) is 2. The first kappa shape index (κ1) is 33.2. The summed E-state index contributed by atoms with van der Waals surface area (Å²) in [6, 6.07) is 12.6. The number of likely N-dealkylation sites (tertiary alicyclic amines) is 1. The van der Waals surface area contributed by atoms with E-state index in [1.807, 2.05) is 11.0 Å². The fourth-order valence-corrected chi connectivity index (χ4v) is 6.97. The van der Waals surface area contributed by atoms with Gasteiger partial charge in [-0.15, -0.1) is 0 Å². The van der Waals surface area contributed by atoms with Crippen LogP contribution < -0.4 is 15.4 Å². The molecule has 1 aliphatic rings. The number of anilines is 4. The van der Waals surface area contributed by atoms with E-state index < -0.39 is 15.1 Å². The number of benzene rings is 2. The van der Waals surface area contributed by atoms with E-state index in [2.05, 4.69) is 59.5 Å². The number of methoxy groups -OCH3 is 1. The van der Waals surface area contributed by atoms with Crippen LogP contribution in [-0.2, 0) is 14.6 Å². The lowest BCUT2D eigenvalue weighted by Crippen LogP contribution is -2.38. The van der Waals surface area contributed by atoms with Gasteiger partial charge in [0, 0.05) is 25.6 Å². The Labute approximate surface area is 271 Å². The molecular weight excluding hydrogens is 602 g/mol. The molecule has 2 aromatic carbocycles. The van der Waals surface area contributed by atoms with Crippen molar-refractivity contribution < 1.29 is 17.9 Å². The third-order valence-corrected chi connectivity index (χ3v) is 10.7. The Hall–Kier alpha value is -4.19. The van der Waals surface area contributed by atoms with Gasteiger partial charge in [-0.05, 0) is 86.8 Å². The first-order valence-electron chi connectivity index (χ1n) is 15.8. The lowest BCUT2D eigenvalue weighted by molar-refractivity contribution is -0.132. The molecule has 2 aromatic heterocycles. The van der Waals surface area contributed by atoms with E-state index in [-0.39, 0.29) is 16.2 Å². The average Bonchev–Trinajstić information content (AvgIpc) is 3.49. The van der Waals surface area contributed by atoms with Gasteiger partial charge in [-0.25, -0.2) is 8.42 Å². The topological polar surface area (TPSA) is 131 Å². The molecule has 1 amide bonds. The second-order valence-electron chi connectivity index (χ2n) is 13.4. The lowest BCUT2D eigenvalue weighted by Gasteiger charge is -2.34. The van der Waals surface area contributed by atoms with Crippen molar-refractivity contribution >= 4 is 44.7 Å². The fourth-order valence-electron chi connectivity index (χ4n) is 5.77. The molecule has 0 radical (unpaired) electrons. The quantitative estimate of drug-likeness (QED) is 0.194. The molecule has 2 N–H and O–H groups in total. The number of hydrogen-bond donors (Lipinski definition) is 2. The number of sulfone groups is 1. The summed E-state index contributed by atoms with van der Waals surface area (Å²) in [6.07, 6.45) is 4.90. The Morgan fingerprint density at radius 2 is 1.76 bits per heavy atom. The summed E-state index contributed by atoms with van der Waals surface area (Å²) in [6.45, 7) is 13.4. The SMILES string of the molecule is COc1cc(C2CCN(C(=O)CCC(C)(C)C)CC2)c(C)cc1Nc1nc(Nc2ccccc2S(=O)(=O)C(C)C)n2nccc2n1. The van der Waals surface area contributed by atoms with Crippen molar-refractivity contribution in [3.63, 3.8) is 0 Å². The van der Waals surface area contributed by atoms with Crippen molar-refractivity contribution in [2.24, 2.45) is 5.41 Å². The van der Waals surface area contributed by atoms with Gasteiger partial charge in [-0.1, -0.05) is 32.9 Å². The Kier molecular flexibility index (Phi) is 9.57. The summed E-state index contributed by atoms with van der Waals surface area (Å²) in [7, 11) is -1.92. The van der Waals surface area contributed by atoms with Crippen LogP contribution in [0.2, 0.25) is 0 Å². The van der Waals surface area contributed by atoms with E-state index >= 15 is 0 Å². The number of ether oxygens (including phenoxy) is 1. The zero-order valence-corrected chi connectivity index (χ0v) is 28.6. The van der Waals surface area contributed by atoms with E-state index in [0.717, 1.165) is 37.9 Å². The molecular formula is C34H45N7O4S. The number of fused-ring (bicyclic) bond motifs is 1. The van der Waals surface area contributed by atoms with Crippen LogP contribution in [0.3, 0.4) is 0 Å². The molecule has 4 aromatic rings. The molecule has 1 aliphatic heterocycles. The third-order valence-electron chi connectivity index (χ3n) is 8.53. The molecule has 3 heterocycles. The highest BCUT2D eigenvalue weighted by molar-refractivity contribution is 7.92. The van der Waals surface area contributed by atoms with Gasteiger partial charge >= 0.3 is 0 Å². The zero-order valence-electron chi connectivity index (χ0n) is 27.8. The molecule has 1 saturated heterocycles. The number of aromatic nitrogens is 4. The van der Waals surface area contributed by atoms with Gasteiger partial charge in [0.25, 0.3) is 0 Å². The predicted octanol–water partition coefficient (Wildman–Crippen LogP) is 6.64. The average molecular weight is 648 g/mol. The van der Waals surface area contributed by atoms with Crippen molar-refractivity contribution in [3.8, 4) is 5.75 Å². The van der Waals surface area contributed by atoms with Crippen LogP contribution >= 0.6 is 0 Å². The number of piperidine rings is 1. The number of carbonyl (C=O) groups is 1. The molecule has 246 valence electrons.